The second-order valence-corrected chi connectivity index (χ2v) is 7.90. The topological polar surface area (TPSA) is 68.3 Å². The predicted octanol–water partition coefficient (Wildman–Crippen LogP) is 4.49. The zero-order chi connectivity index (χ0) is 18.9. The number of hydrogen-bond acceptors (Lipinski definition) is 6. The van der Waals surface area contributed by atoms with Crippen molar-refractivity contribution >= 4 is 40.7 Å². The molecule has 5 nitrogen and oxygen atoms in total. The zero-order valence-corrected chi connectivity index (χ0v) is 16.9. The van der Waals surface area contributed by atoms with Crippen molar-refractivity contribution in [1.82, 2.24) is 4.98 Å². The fraction of sp³-hybridized carbons (Fsp3) is 0.421. The van der Waals surface area contributed by atoms with Gasteiger partial charge in [0, 0.05) is 11.1 Å². The molecule has 0 bridgehead atoms. The van der Waals surface area contributed by atoms with Gasteiger partial charge in [-0.1, -0.05) is 43.8 Å². The Hall–Kier alpha value is -1.86. The summed E-state index contributed by atoms with van der Waals surface area (Å²) in [6.07, 6.45) is 1.18. The van der Waals surface area contributed by atoms with Crippen molar-refractivity contribution in [3.8, 4) is 0 Å². The van der Waals surface area contributed by atoms with Crippen molar-refractivity contribution in [3.63, 3.8) is 0 Å². The molecule has 1 atom stereocenters. The number of thiazole rings is 1. The van der Waals surface area contributed by atoms with E-state index in [9.17, 15) is 9.59 Å². The molecule has 26 heavy (non-hydrogen) atoms. The maximum atomic E-state index is 12.3. The van der Waals surface area contributed by atoms with Gasteiger partial charge in [-0.25, -0.2) is 4.98 Å². The van der Waals surface area contributed by atoms with Gasteiger partial charge >= 0.3 is 5.97 Å². The molecule has 0 aliphatic rings. The number of amides is 1. The number of rotatable bonds is 9. The quantitative estimate of drug-likeness (QED) is 0.503. The Morgan fingerprint density at radius 1 is 1.31 bits per heavy atom. The van der Waals surface area contributed by atoms with Gasteiger partial charge in [0.15, 0.2) is 4.34 Å². The number of nitrogens with zero attached hydrogens (tertiary/aromatic N) is 1. The number of nitrogens with one attached hydrogen (secondary N) is 1. The standard InChI is InChI=1S/C19H24N2O3S2/c1-4-13(3)15-8-6-7-9-16(15)21-17(22)12-26-19-20-14(11-25-19)10-18(23)24-5-2/h6-9,11,13H,4-5,10,12H2,1-3H3,(H,21,22)/t13-/m1/s1. The van der Waals surface area contributed by atoms with E-state index in [4.69, 9.17) is 4.74 Å². The minimum Gasteiger partial charge on any atom is -0.466 e. The van der Waals surface area contributed by atoms with Crippen LogP contribution in [0.3, 0.4) is 0 Å². The average Bonchev–Trinajstić information content (AvgIpc) is 3.07. The number of para-hydroxylation sites is 1. The molecular formula is C19H24N2O3S2. The summed E-state index contributed by atoms with van der Waals surface area (Å²) in [5.74, 6) is 0.325. The molecule has 1 aromatic heterocycles. The molecule has 0 aliphatic carbocycles. The summed E-state index contributed by atoms with van der Waals surface area (Å²) >= 11 is 2.81. The highest BCUT2D eigenvalue weighted by atomic mass is 32.2. The molecule has 1 N–H and O–H groups in total. The Kier molecular flexibility index (Phi) is 8.12. The highest BCUT2D eigenvalue weighted by Crippen LogP contribution is 2.27. The Labute approximate surface area is 162 Å². The van der Waals surface area contributed by atoms with Crippen LogP contribution < -0.4 is 5.32 Å². The lowest BCUT2D eigenvalue weighted by atomic mass is 9.97. The highest BCUT2D eigenvalue weighted by Gasteiger charge is 2.13. The Balaban J connectivity index is 1.88. The lowest BCUT2D eigenvalue weighted by Crippen LogP contribution is -2.15. The van der Waals surface area contributed by atoms with E-state index in [1.165, 1.54) is 23.1 Å². The molecule has 0 unspecified atom stereocenters. The fourth-order valence-corrected chi connectivity index (χ4v) is 4.01. The summed E-state index contributed by atoms with van der Waals surface area (Å²) in [6, 6.07) is 7.91. The maximum Gasteiger partial charge on any atom is 0.311 e. The first-order valence-electron chi connectivity index (χ1n) is 8.65. The van der Waals surface area contributed by atoms with Crippen molar-refractivity contribution in [3.05, 3.63) is 40.9 Å². The summed E-state index contributed by atoms with van der Waals surface area (Å²) in [5, 5.41) is 4.82. The molecule has 1 aromatic carbocycles. The van der Waals surface area contributed by atoms with Crippen LogP contribution in [0.4, 0.5) is 5.69 Å². The Morgan fingerprint density at radius 3 is 2.81 bits per heavy atom. The van der Waals surface area contributed by atoms with Gasteiger partial charge in [-0.15, -0.1) is 11.3 Å². The molecule has 7 heteroatoms. The van der Waals surface area contributed by atoms with E-state index in [1.807, 2.05) is 23.6 Å². The molecule has 140 valence electrons. The number of benzene rings is 1. The van der Waals surface area contributed by atoms with Crippen molar-refractivity contribution in [2.75, 3.05) is 17.7 Å². The van der Waals surface area contributed by atoms with Crippen LogP contribution in [-0.2, 0) is 20.7 Å². The summed E-state index contributed by atoms with van der Waals surface area (Å²) in [4.78, 5) is 28.1. The SMILES string of the molecule is CCOC(=O)Cc1csc(SCC(=O)Nc2ccccc2[C@H](C)CC)n1. The summed E-state index contributed by atoms with van der Waals surface area (Å²) in [6.45, 7) is 6.43. The second kappa shape index (κ2) is 10.3. The molecule has 0 fully saturated rings. The molecule has 0 spiro atoms. The molecule has 0 radical (unpaired) electrons. The first kappa shape index (κ1) is 20.5. The van der Waals surface area contributed by atoms with Crippen molar-refractivity contribution in [2.24, 2.45) is 0 Å². The smallest absolute Gasteiger partial charge is 0.311 e. The van der Waals surface area contributed by atoms with Crippen LogP contribution in [-0.4, -0.2) is 29.2 Å². The molecule has 2 aromatic rings. The van der Waals surface area contributed by atoms with Gasteiger partial charge in [-0.3, -0.25) is 9.59 Å². The van der Waals surface area contributed by atoms with Gasteiger partial charge < -0.3 is 10.1 Å². The highest BCUT2D eigenvalue weighted by molar-refractivity contribution is 8.01. The van der Waals surface area contributed by atoms with Gasteiger partial charge in [0.05, 0.1) is 24.5 Å². The number of thioether (sulfide) groups is 1. The van der Waals surface area contributed by atoms with E-state index < -0.39 is 0 Å². The largest absolute Gasteiger partial charge is 0.466 e. The minimum atomic E-state index is -0.284. The number of hydrogen-bond donors (Lipinski definition) is 1. The molecule has 1 amide bonds. The summed E-state index contributed by atoms with van der Waals surface area (Å²) in [5.41, 5.74) is 2.70. The first-order valence-corrected chi connectivity index (χ1v) is 10.5. The Morgan fingerprint density at radius 2 is 2.08 bits per heavy atom. The van der Waals surface area contributed by atoms with Gasteiger partial charge in [-0.05, 0) is 30.9 Å². The van der Waals surface area contributed by atoms with E-state index in [0.29, 0.717) is 18.2 Å². The minimum absolute atomic E-state index is 0.0621. The number of anilines is 1. The average molecular weight is 393 g/mol. The third-order valence-electron chi connectivity index (χ3n) is 3.87. The first-order chi connectivity index (χ1) is 12.5. The van der Waals surface area contributed by atoms with Crippen molar-refractivity contribution < 1.29 is 14.3 Å². The van der Waals surface area contributed by atoms with E-state index in [1.54, 1.807) is 6.92 Å². The third kappa shape index (κ3) is 6.14. The maximum absolute atomic E-state index is 12.3. The van der Waals surface area contributed by atoms with Crippen molar-refractivity contribution in [1.29, 1.82) is 0 Å². The van der Waals surface area contributed by atoms with Crippen molar-refractivity contribution in [2.45, 2.75) is 43.9 Å². The zero-order valence-electron chi connectivity index (χ0n) is 15.3. The molecule has 0 saturated heterocycles. The molecular weight excluding hydrogens is 368 g/mol. The third-order valence-corrected chi connectivity index (χ3v) is 5.94. The van der Waals surface area contributed by atoms with Gasteiger partial charge in [0.25, 0.3) is 0 Å². The lowest BCUT2D eigenvalue weighted by Gasteiger charge is -2.15. The number of aromatic nitrogens is 1. The number of carbonyl (C=O) groups is 2. The van der Waals surface area contributed by atoms with E-state index in [2.05, 4.69) is 30.2 Å². The van der Waals surface area contributed by atoms with Crippen LogP contribution >= 0.6 is 23.1 Å². The monoisotopic (exact) mass is 392 g/mol. The second-order valence-electron chi connectivity index (χ2n) is 5.82. The Bertz CT molecular complexity index is 746. The van der Waals surface area contributed by atoms with Gasteiger partial charge in [-0.2, -0.15) is 0 Å². The molecule has 1 heterocycles. The fourth-order valence-electron chi connectivity index (χ4n) is 2.37. The van der Waals surface area contributed by atoms with Crippen LogP contribution in [0, 0.1) is 0 Å². The van der Waals surface area contributed by atoms with Crippen LogP contribution in [0.2, 0.25) is 0 Å². The molecule has 2 rings (SSSR count). The predicted molar refractivity (Wildman–Crippen MR) is 107 cm³/mol. The number of ether oxygens (including phenoxy) is 1. The van der Waals surface area contributed by atoms with Crippen LogP contribution in [0.15, 0.2) is 34.0 Å². The number of esters is 1. The summed E-state index contributed by atoms with van der Waals surface area (Å²) < 4.78 is 5.69. The molecule has 0 saturated carbocycles. The molecule has 0 aliphatic heterocycles. The normalized spacial score (nSPS) is 11.8. The van der Waals surface area contributed by atoms with Crippen LogP contribution in [0.25, 0.3) is 0 Å². The van der Waals surface area contributed by atoms with Crippen LogP contribution in [0.5, 0.6) is 0 Å². The van der Waals surface area contributed by atoms with E-state index in [-0.39, 0.29) is 24.1 Å². The number of carbonyl (C=O) groups excluding carboxylic acids is 2. The van der Waals surface area contributed by atoms with E-state index >= 15 is 0 Å². The van der Waals surface area contributed by atoms with Gasteiger partial charge in [0.1, 0.15) is 0 Å². The van der Waals surface area contributed by atoms with Gasteiger partial charge in [0.2, 0.25) is 5.91 Å². The van der Waals surface area contributed by atoms with E-state index in [0.717, 1.165) is 22.0 Å². The summed E-state index contributed by atoms with van der Waals surface area (Å²) in [7, 11) is 0. The van der Waals surface area contributed by atoms with Crippen LogP contribution in [0.1, 0.15) is 44.4 Å². The lowest BCUT2D eigenvalue weighted by molar-refractivity contribution is -0.142.